The Morgan fingerprint density at radius 2 is 1.69 bits per heavy atom. The Bertz CT molecular complexity index is 962. The molecule has 158 valence electrons. The van der Waals surface area contributed by atoms with Crippen LogP contribution in [0.5, 0.6) is 17.5 Å². The lowest BCUT2D eigenvalue weighted by atomic mass is 10.2. The normalized spacial score (nSPS) is 11.5. The molecule has 0 radical (unpaired) electrons. The van der Waals surface area contributed by atoms with E-state index >= 15 is 0 Å². The average molecular weight is 436 g/mol. The van der Waals surface area contributed by atoms with Gasteiger partial charge in [0.15, 0.2) is 0 Å². The fourth-order valence-corrected chi connectivity index (χ4v) is 3.08. The largest absolute Gasteiger partial charge is 0.573 e. The number of nitrogens with zero attached hydrogens (tertiary/aromatic N) is 2. The maximum Gasteiger partial charge on any atom is 0.573 e. The number of urea groups is 1. The van der Waals surface area contributed by atoms with Crippen molar-refractivity contribution in [3.05, 3.63) is 35.9 Å². The quantitative estimate of drug-likeness (QED) is 0.675. The van der Waals surface area contributed by atoms with Crippen LogP contribution in [0.2, 0.25) is 0 Å². The smallest absolute Gasteiger partial charge is 0.481 e. The number of para-hydroxylation sites is 1. The summed E-state index contributed by atoms with van der Waals surface area (Å²) in [7, 11) is -1.79. The summed E-state index contributed by atoms with van der Waals surface area (Å²) in [5, 5.41) is 2.06. The molecule has 14 heteroatoms. The van der Waals surface area contributed by atoms with Crippen LogP contribution < -0.4 is 24.2 Å². The molecule has 10 nitrogen and oxygen atoms in total. The summed E-state index contributed by atoms with van der Waals surface area (Å²) in [5.41, 5.74) is -0.301. The highest BCUT2D eigenvalue weighted by atomic mass is 32.2. The van der Waals surface area contributed by atoms with Crippen molar-refractivity contribution >= 4 is 22.0 Å². The van der Waals surface area contributed by atoms with Crippen LogP contribution >= 0.6 is 0 Å². The van der Waals surface area contributed by atoms with Crippen molar-refractivity contribution in [2.75, 3.05) is 19.5 Å². The molecule has 1 aromatic carbocycles. The van der Waals surface area contributed by atoms with E-state index in [1.807, 2.05) is 0 Å². The molecule has 0 fully saturated rings. The van der Waals surface area contributed by atoms with Gasteiger partial charge in [-0.05, 0) is 6.07 Å². The minimum Gasteiger partial charge on any atom is -0.481 e. The lowest BCUT2D eigenvalue weighted by molar-refractivity contribution is -0.274. The summed E-state index contributed by atoms with van der Waals surface area (Å²) in [6, 6.07) is 4.71. The zero-order chi connectivity index (χ0) is 21.7. The SMILES string of the molecule is COc1cc(OC)nc(NC(=O)NS(=O)(=O)Cc2ccccc2OC(F)(F)F)n1. The first-order valence-corrected chi connectivity index (χ1v) is 9.29. The first-order chi connectivity index (χ1) is 13.5. The van der Waals surface area contributed by atoms with Gasteiger partial charge in [-0.3, -0.25) is 5.32 Å². The summed E-state index contributed by atoms with van der Waals surface area (Å²) >= 11 is 0. The Kier molecular flexibility index (Phi) is 6.68. The molecule has 0 saturated heterocycles. The molecule has 2 aromatic rings. The number of benzene rings is 1. The Labute approximate surface area is 163 Å². The number of carbonyl (C=O) groups is 1. The van der Waals surface area contributed by atoms with E-state index in [0.29, 0.717) is 0 Å². The first kappa shape index (κ1) is 22.0. The monoisotopic (exact) mass is 436 g/mol. The third-order valence-corrected chi connectivity index (χ3v) is 4.30. The number of nitrogens with one attached hydrogen (secondary N) is 2. The summed E-state index contributed by atoms with van der Waals surface area (Å²) in [6.07, 6.45) is -5.01. The first-order valence-electron chi connectivity index (χ1n) is 7.63. The molecule has 0 unspecified atom stereocenters. The predicted molar refractivity (Wildman–Crippen MR) is 93.0 cm³/mol. The molecule has 0 atom stereocenters. The molecular formula is C15H15F3N4O6S. The third kappa shape index (κ3) is 6.99. The standard InChI is InChI=1S/C15H15F3N4O6S/c1-26-11-7-12(27-2)20-13(19-11)21-14(23)22-29(24,25)8-9-5-3-4-6-10(9)28-15(16,17)18/h3-7H,8H2,1-2H3,(H2,19,20,21,22,23). The van der Waals surface area contributed by atoms with E-state index in [1.165, 1.54) is 32.4 Å². The van der Waals surface area contributed by atoms with Crippen molar-refractivity contribution in [1.29, 1.82) is 0 Å². The number of aromatic nitrogens is 2. The van der Waals surface area contributed by atoms with Gasteiger partial charge in [0, 0.05) is 5.56 Å². The van der Waals surface area contributed by atoms with Crippen LogP contribution in [0, 0.1) is 0 Å². The number of rotatable bonds is 7. The summed E-state index contributed by atoms with van der Waals surface area (Å²) in [5.74, 6) is -1.91. The van der Waals surface area contributed by atoms with Gasteiger partial charge in [-0.1, -0.05) is 18.2 Å². The predicted octanol–water partition coefficient (Wildman–Crippen LogP) is 2.04. The number of anilines is 1. The molecule has 1 heterocycles. The van der Waals surface area contributed by atoms with Gasteiger partial charge in [-0.2, -0.15) is 9.97 Å². The van der Waals surface area contributed by atoms with Crippen molar-refractivity contribution in [2.45, 2.75) is 12.1 Å². The molecular weight excluding hydrogens is 421 g/mol. The van der Waals surface area contributed by atoms with Gasteiger partial charge in [0.25, 0.3) is 0 Å². The van der Waals surface area contributed by atoms with Crippen molar-refractivity contribution in [3.63, 3.8) is 0 Å². The molecule has 2 amide bonds. The van der Waals surface area contributed by atoms with E-state index in [9.17, 15) is 26.4 Å². The van der Waals surface area contributed by atoms with Gasteiger partial charge >= 0.3 is 12.4 Å². The maximum absolute atomic E-state index is 12.4. The lowest BCUT2D eigenvalue weighted by Gasteiger charge is -2.14. The second-order valence-electron chi connectivity index (χ2n) is 5.25. The average Bonchev–Trinajstić information content (AvgIpc) is 2.60. The topological polar surface area (TPSA) is 129 Å². The Morgan fingerprint density at radius 1 is 1.10 bits per heavy atom. The third-order valence-electron chi connectivity index (χ3n) is 3.11. The number of ether oxygens (including phenoxy) is 3. The highest BCUT2D eigenvalue weighted by Crippen LogP contribution is 2.27. The van der Waals surface area contributed by atoms with Crippen LogP contribution in [-0.2, 0) is 15.8 Å². The zero-order valence-corrected chi connectivity index (χ0v) is 15.8. The zero-order valence-electron chi connectivity index (χ0n) is 15.0. The minimum absolute atomic E-state index is 0.0354. The van der Waals surface area contributed by atoms with E-state index in [2.05, 4.69) is 20.0 Å². The molecule has 2 N–H and O–H groups in total. The van der Waals surface area contributed by atoms with E-state index in [4.69, 9.17) is 9.47 Å². The molecule has 1 aromatic heterocycles. The van der Waals surface area contributed by atoms with Crippen LogP contribution in [0.3, 0.4) is 0 Å². The van der Waals surface area contributed by atoms with Gasteiger partial charge in [0.1, 0.15) is 5.75 Å². The van der Waals surface area contributed by atoms with E-state index < -0.39 is 33.9 Å². The highest BCUT2D eigenvalue weighted by Gasteiger charge is 2.32. The number of carbonyl (C=O) groups excluding carboxylic acids is 1. The minimum atomic E-state index is -5.01. The number of alkyl halides is 3. The lowest BCUT2D eigenvalue weighted by Crippen LogP contribution is -2.35. The number of methoxy groups -OCH3 is 2. The van der Waals surface area contributed by atoms with Crippen LogP contribution in [0.15, 0.2) is 30.3 Å². The molecule has 0 spiro atoms. The van der Waals surface area contributed by atoms with E-state index in [0.717, 1.165) is 12.1 Å². The van der Waals surface area contributed by atoms with Gasteiger partial charge in [0.05, 0.1) is 26.0 Å². The molecule has 0 aliphatic heterocycles. The van der Waals surface area contributed by atoms with Crippen LogP contribution in [0.1, 0.15) is 5.56 Å². The number of halogens is 3. The van der Waals surface area contributed by atoms with Crippen molar-refractivity contribution in [3.8, 4) is 17.5 Å². The van der Waals surface area contributed by atoms with E-state index in [-0.39, 0.29) is 23.3 Å². The Balaban J connectivity index is 2.11. The molecule has 29 heavy (non-hydrogen) atoms. The Hall–Kier alpha value is -3.29. The summed E-state index contributed by atoms with van der Waals surface area (Å²) in [4.78, 5) is 19.5. The number of hydrogen-bond donors (Lipinski definition) is 2. The van der Waals surface area contributed by atoms with Crippen LogP contribution in [0.4, 0.5) is 23.9 Å². The second kappa shape index (κ2) is 8.81. The summed E-state index contributed by atoms with van der Waals surface area (Å²) < 4.78 is 76.9. The Morgan fingerprint density at radius 3 is 2.24 bits per heavy atom. The van der Waals surface area contributed by atoms with Gasteiger partial charge < -0.3 is 14.2 Å². The van der Waals surface area contributed by atoms with Crippen molar-refractivity contribution in [1.82, 2.24) is 14.7 Å². The van der Waals surface area contributed by atoms with Gasteiger partial charge in [-0.25, -0.2) is 17.9 Å². The summed E-state index contributed by atoms with van der Waals surface area (Å²) in [6.45, 7) is 0. The maximum atomic E-state index is 12.4. The van der Waals surface area contributed by atoms with Gasteiger partial charge in [0.2, 0.25) is 27.7 Å². The second-order valence-corrected chi connectivity index (χ2v) is 6.97. The molecule has 0 saturated carbocycles. The number of sulfonamides is 1. The fourth-order valence-electron chi connectivity index (χ4n) is 2.03. The van der Waals surface area contributed by atoms with Crippen molar-refractivity contribution < 1.29 is 40.6 Å². The van der Waals surface area contributed by atoms with Gasteiger partial charge in [-0.15, -0.1) is 13.2 Å². The molecule has 0 aliphatic carbocycles. The fraction of sp³-hybridized carbons (Fsp3) is 0.267. The van der Waals surface area contributed by atoms with E-state index in [1.54, 1.807) is 4.72 Å². The highest BCUT2D eigenvalue weighted by molar-refractivity contribution is 7.89. The number of hydrogen-bond acceptors (Lipinski definition) is 8. The molecule has 0 aliphatic rings. The van der Waals surface area contributed by atoms with Crippen LogP contribution in [-0.4, -0.2) is 45.0 Å². The molecule has 2 rings (SSSR count). The van der Waals surface area contributed by atoms with Crippen LogP contribution in [0.25, 0.3) is 0 Å². The molecule has 0 bridgehead atoms. The number of amides is 2. The van der Waals surface area contributed by atoms with Crippen molar-refractivity contribution in [2.24, 2.45) is 0 Å².